The first-order chi connectivity index (χ1) is 14.7. The second-order valence-corrected chi connectivity index (χ2v) is 7.74. The number of aromatic nitrogens is 3. The molecule has 0 bridgehead atoms. The second-order valence-electron chi connectivity index (χ2n) is 7.74. The predicted octanol–water partition coefficient (Wildman–Crippen LogP) is 2.24. The number of alkyl halides is 3. The normalized spacial score (nSPS) is 15.6. The first-order valence-electron chi connectivity index (χ1n) is 9.87. The van der Waals surface area contributed by atoms with Crippen LogP contribution in [0.3, 0.4) is 0 Å². The fraction of sp³-hybridized carbons (Fsp3) is 0.381. The number of halogens is 3. The zero-order valence-electron chi connectivity index (χ0n) is 16.9. The summed E-state index contributed by atoms with van der Waals surface area (Å²) in [6, 6.07) is 10.2. The number of hydrogen-bond acceptors (Lipinski definition) is 5. The van der Waals surface area contributed by atoms with E-state index in [0.717, 1.165) is 36.3 Å². The Labute approximate surface area is 176 Å². The third-order valence-corrected chi connectivity index (χ3v) is 5.34. The van der Waals surface area contributed by atoms with Gasteiger partial charge in [0.1, 0.15) is 5.69 Å². The van der Waals surface area contributed by atoms with Gasteiger partial charge in [-0.3, -0.25) is 9.69 Å². The van der Waals surface area contributed by atoms with Crippen LogP contribution in [0.4, 0.5) is 13.2 Å². The minimum absolute atomic E-state index is 0.0339. The van der Waals surface area contributed by atoms with Crippen molar-refractivity contribution in [2.24, 2.45) is 0 Å². The number of carbonyl (C=O) groups is 1. The zero-order valence-corrected chi connectivity index (χ0v) is 16.9. The Morgan fingerprint density at radius 3 is 2.74 bits per heavy atom. The summed E-state index contributed by atoms with van der Waals surface area (Å²) in [4.78, 5) is 19.6. The van der Waals surface area contributed by atoms with Crippen LogP contribution in [0.2, 0.25) is 0 Å². The number of nitrogens with zero attached hydrogens (tertiary/aromatic N) is 5. The molecule has 1 N–H and O–H groups in total. The summed E-state index contributed by atoms with van der Waals surface area (Å²) >= 11 is 0. The molecule has 1 unspecified atom stereocenters. The van der Waals surface area contributed by atoms with Crippen LogP contribution in [0.25, 0.3) is 5.65 Å². The molecule has 1 amide bonds. The lowest BCUT2D eigenvalue weighted by Gasteiger charge is -2.31. The smallest absolute Gasteiger partial charge is 0.390 e. The molecule has 164 valence electrons. The number of likely N-dealkylation sites (N-methyl/N-ethyl adjacent to an activating group) is 1. The second kappa shape index (κ2) is 8.27. The van der Waals surface area contributed by atoms with Gasteiger partial charge in [-0.05, 0) is 23.6 Å². The van der Waals surface area contributed by atoms with Gasteiger partial charge in [0.15, 0.2) is 11.3 Å². The van der Waals surface area contributed by atoms with Crippen LogP contribution in [0.5, 0.6) is 0 Å². The van der Waals surface area contributed by atoms with Crippen LogP contribution in [0, 0.1) is 0 Å². The van der Waals surface area contributed by atoms with Gasteiger partial charge in [-0.2, -0.15) is 18.3 Å². The van der Waals surface area contributed by atoms with Crippen molar-refractivity contribution in [3.8, 4) is 0 Å². The lowest BCUT2D eigenvalue weighted by molar-refractivity contribution is -0.141. The summed E-state index contributed by atoms with van der Waals surface area (Å²) in [5.41, 5.74) is 1.40. The maximum Gasteiger partial charge on any atom is 0.433 e. The summed E-state index contributed by atoms with van der Waals surface area (Å²) in [6.45, 7) is 2.05. The zero-order chi connectivity index (χ0) is 22.2. The van der Waals surface area contributed by atoms with Crippen LogP contribution in [0.1, 0.15) is 27.3 Å². The van der Waals surface area contributed by atoms with Gasteiger partial charge < -0.3 is 10.0 Å². The summed E-state index contributed by atoms with van der Waals surface area (Å²) in [5.74, 6) is -0.498. The van der Waals surface area contributed by atoms with Gasteiger partial charge in [0.25, 0.3) is 5.91 Å². The SMILES string of the molecule is CN(CC(O)CN1CCc2ccccc2C1)C(=O)c1cc2nc(C(F)(F)F)ccn2n1. The summed E-state index contributed by atoms with van der Waals surface area (Å²) in [5, 5.41) is 14.5. The van der Waals surface area contributed by atoms with Crippen molar-refractivity contribution >= 4 is 11.6 Å². The maximum atomic E-state index is 12.8. The minimum Gasteiger partial charge on any atom is -0.390 e. The standard InChI is InChI=1S/C21H22F3N5O2/c1-27(12-16(30)13-28-8-6-14-4-2-3-5-15(14)11-28)20(31)17-10-19-25-18(21(22,23)24)7-9-29(19)26-17/h2-5,7,9-10,16,30H,6,8,11-13H2,1H3. The van der Waals surface area contributed by atoms with Gasteiger partial charge in [-0.25, -0.2) is 9.50 Å². The molecule has 0 spiro atoms. The van der Waals surface area contributed by atoms with E-state index in [9.17, 15) is 23.1 Å². The molecule has 7 nitrogen and oxygen atoms in total. The van der Waals surface area contributed by atoms with Gasteiger partial charge in [0, 0.05) is 45.5 Å². The molecular formula is C21H22F3N5O2. The Morgan fingerprint density at radius 1 is 1.26 bits per heavy atom. The number of fused-ring (bicyclic) bond motifs is 2. The third kappa shape index (κ3) is 4.70. The van der Waals surface area contributed by atoms with Crippen molar-refractivity contribution in [1.29, 1.82) is 0 Å². The molecule has 1 aliphatic heterocycles. The van der Waals surface area contributed by atoms with E-state index in [1.165, 1.54) is 29.1 Å². The van der Waals surface area contributed by atoms with Gasteiger partial charge in [-0.1, -0.05) is 24.3 Å². The Balaban J connectivity index is 1.38. The van der Waals surface area contributed by atoms with E-state index in [1.54, 1.807) is 0 Å². The monoisotopic (exact) mass is 433 g/mol. The molecule has 0 fully saturated rings. The maximum absolute atomic E-state index is 12.8. The molecule has 1 atom stereocenters. The van der Waals surface area contributed by atoms with E-state index in [4.69, 9.17) is 0 Å². The highest BCUT2D eigenvalue weighted by Gasteiger charge is 2.33. The molecule has 3 aromatic rings. The molecule has 2 aromatic heterocycles. The summed E-state index contributed by atoms with van der Waals surface area (Å²) < 4.78 is 39.6. The summed E-state index contributed by atoms with van der Waals surface area (Å²) in [7, 11) is 1.52. The van der Waals surface area contributed by atoms with Gasteiger partial charge in [-0.15, -0.1) is 0 Å². The Bertz CT molecular complexity index is 1100. The Kier molecular flexibility index (Phi) is 5.67. The highest BCUT2D eigenvalue weighted by atomic mass is 19.4. The molecule has 10 heteroatoms. The van der Waals surface area contributed by atoms with Crippen molar-refractivity contribution in [3.63, 3.8) is 0 Å². The van der Waals surface area contributed by atoms with Crippen molar-refractivity contribution in [1.82, 2.24) is 24.4 Å². The quantitative estimate of drug-likeness (QED) is 0.668. The van der Waals surface area contributed by atoms with Crippen molar-refractivity contribution < 1.29 is 23.1 Å². The molecule has 1 aromatic carbocycles. The van der Waals surface area contributed by atoms with E-state index in [1.807, 2.05) is 12.1 Å². The summed E-state index contributed by atoms with van der Waals surface area (Å²) in [6.07, 6.45) is -3.32. The number of carbonyl (C=O) groups excluding carboxylic acids is 1. The molecule has 4 rings (SSSR count). The number of aliphatic hydroxyl groups excluding tert-OH is 1. The third-order valence-electron chi connectivity index (χ3n) is 5.34. The number of rotatable bonds is 5. The topological polar surface area (TPSA) is 74.0 Å². The van der Waals surface area contributed by atoms with E-state index in [2.05, 4.69) is 27.1 Å². The largest absolute Gasteiger partial charge is 0.433 e. The highest BCUT2D eigenvalue weighted by molar-refractivity contribution is 5.93. The van der Waals surface area contributed by atoms with E-state index in [0.29, 0.717) is 6.54 Å². The molecule has 0 radical (unpaired) electrons. The lowest BCUT2D eigenvalue weighted by Crippen LogP contribution is -2.42. The van der Waals surface area contributed by atoms with Crippen LogP contribution < -0.4 is 0 Å². The van der Waals surface area contributed by atoms with E-state index >= 15 is 0 Å². The van der Waals surface area contributed by atoms with Crippen LogP contribution >= 0.6 is 0 Å². The highest BCUT2D eigenvalue weighted by Crippen LogP contribution is 2.27. The van der Waals surface area contributed by atoms with E-state index in [-0.39, 0.29) is 17.9 Å². The average molecular weight is 433 g/mol. The van der Waals surface area contributed by atoms with E-state index < -0.39 is 23.9 Å². The molecule has 31 heavy (non-hydrogen) atoms. The number of aliphatic hydroxyl groups is 1. The number of β-amino-alcohol motifs (C(OH)–C–C–N with tert-alkyl or cyclic N) is 1. The molecule has 3 heterocycles. The van der Waals surface area contributed by atoms with Crippen molar-refractivity contribution in [2.45, 2.75) is 25.2 Å². The lowest BCUT2D eigenvalue weighted by atomic mass is 10.00. The van der Waals surface area contributed by atoms with Crippen LogP contribution in [-0.4, -0.2) is 68.2 Å². The van der Waals surface area contributed by atoms with Gasteiger partial charge in [0.05, 0.1) is 6.10 Å². The molecular weight excluding hydrogens is 411 g/mol. The Hall–Kier alpha value is -2.98. The fourth-order valence-electron chi connectivity index (χ4n) is 3.80. The predicted molar refractivity (Wildman–Crippen MR) is 106 cm³/mol. The van der Waals surface area contributed by atoms with Crippen LogP contribution in [-0.2, 0) is 19.1 Å². The average Bonchev–Trinajstić information content (AvgIpc) is 3.15. The molecule has 0 saturated carbocycles. The Morgan fingerprint density at radius 2 is 2.00 bits per heavy atom. The molecule has 0 saturated heterocycles. The fourth-order valence-corrected chi connectivity index (χ4v) is 3.80. The number of amides is 1. The first kappa shape index (κ1) is 21.3. The minimum atomic E-state index is -4.58. The van der Waals surface area contributed by atoms with Gasteiger partial charge in [0.2, 0.25) is 0 Å². The van der Waals surface area contributed by atoms with Gasteiger partial charge >= 0.3 is 6.18 Å². The number of hydrogen-bond donors (Lipinski definition) is 1. The number of benzene rings is 1. The molecule has 0 aliphatic carbocycles. The van der Waals surface area contributed by atoms with Crippen LogP contribution in [0.15, 0.2) is 42.6 Å². The van der Waals surface area contributed by atoms with Crippen molar-refractivity contribution in [3.05, 3.63) is 65.1 Å². The van der Waals surface area contributed by atoms with Crippen molar-refractivity contribution in [2.75, 3.05) is 26.7 Å². The first-order valence-corrected chi connectivity index (χ1v) is 9.87. The molecule has 1 aliphatic rings.